The van der Waals surface area contributed by atoms with E-state index in [-0.39, 0.29) is 12.5 Å². The summed E-state index contributed by atoms with van der Waals surface area (Å²) < 4.78 is 17.2. The summed E-state index contributed by atoms with van der Waals surface area (Å²) in [5.74, 6) is -7.73. The van der Waals surface area contributed by atoms with Crippen LogP contribution in [-0.2, 0) is 32.5 Å². The zero-order valence-electron chi connectivity index (χ0n) is 30.9. The highest BCUT2D eigenvalue weighted by molar-refractivity contribution is 6.61. The van der Waals surface area contributed by atoms with Gasteiger partial charge in [0.15, 0.2) is 24.4 Å². The van der Waals surface area contributed by atoms with Gasteiger partial charge in [-0.3, -0.25) is 0 Å². The van der Waals surface area contributed by atoms with Gasteiger partial charge in [0.1, 0.15) is 24.4 Å². The summed E-state index contributed by atoms with van der Waals surface area (Å²) in [5.41, 5.74) is 0. The third kappa shape index (κ3) is 16.8. The molecule has 18 heteroatoms. The van der Waals surface area contributed by atoms with E-state index < -0.39 is 81.5 Å². The van der Waals surface area contributed by atoms with Gasteiger partial charge in [-0.15, -0.1) is 0 Å². The second-order valence-electron chi connectivity index (χ2n) is 14.5. The van der Waals surface area contributed by atoms with Crippen LogP contribution in [0.3, 0.4) is 0 Å². The minimum atomic E-state index is -4.85. The predicted octanol–water partition coefficient (Wildman–Crippen LogP) is 1.58. The van der Waals surface area contributed by atoms with E-state index in [1.807, 2.05) is 14.1 Å². The summed E-state index contributed by atoms with van der Waals surface area (Å²) in [5, 5.41) is 89.2. The molecule has 1 fully saturated rings. The summed E-state index contributed by atoms with van der Waals surface area (Å²) >= 11 is 0. The van der Waals surface area contributed by atoms with Gasteiger partial charge >= 0.3 is 32.7 Å². The summed E-state index contributed by atoms with van der Waals surface area (Å²) in [7, 11) is -0.968. The Kier molecular flexibility index (Phi) is 22.2. The minimum Gasteiger partial charge on any atom is -0.479 e. The molecule has 52 heavy (non-hydrogen) atoms. The quantitative estimate of drug-likeness (QED) is 0.0285. The van der Waals surface area contributed by atoms with Gasteiger partial charge in [0.05, 0.1) is 27.2 Å². The van der Waals surface area contributed by atoms with Crippen LogP contribution in [-0.4, -0.2) is 159 Å². The second-order valence-corrected chi connectivity index (χ2v) is 17.1. The number of carbonyl (C=O) groups is 4. The monoisotopic (exact) mass is 770 g/mol. The highest BCUT2D eigenvalue weighted by Gasteiger charge is 2.60. The highest BCUT2D eigenvalue weighted by atomic mass is 28.4. The van der Waals surface area contributed by atoms with Crippen LogP contribution in [0, 0.1) is 0 Å². The fraction of sp³-hybridized carbons (Fsp3) is 0.882. The SMILES string of the molecule is CCCCCCCCCCCCCCCCC[N+](C)(C)CCC[Si@@]1(O[C@H](C(=O)O)[C@H](O)[C@H](O)[C@@H](O)C(=O)O)O[C@@H]([C@H](O)C(=O)O)[C@H](O)[C@H](C(=O)O)O1. The van der Waals surface area contributed by atoms with E-state index in [2.05, 4.69) is 6.92 Å². The molecule has 0 aromatic rings. The van der Waals surface area contributed by atoms with E-state index in [4.69, 9.17) is 18.4 Å². The summed E-state index contributed by atoms with van der Waals surface area (Å²) in [6.07, 6.45) is -1.16. The van der Waals surface area contributed by atoms with Crippen molar-refractivity contribution < 1.29 is 82.9 Å². The topological polar surface area (TPSA) is 278 Å². The molecule has 1 saturated heterocycles. The molecule has 0 saturated carbocycles. The third-order valence-electron chi connectivity index (χ3n) is 9.48. The first-order valence-electron chi connectivity index (χ1n) is 18.6. The maximum absolute atomic E-state index is 12.2. The second kappa shape index (κ2) is 24.2. The average Bonchev–Trinajstić information content (AvgIpc) is 3.08. The maximum Gasteiger partial charge on any atom is 0.503 e. The largest absolute Gasteiger partial charge is 0.503 e. The number of rotatable bonds is 30. The van der Waals surface area contributed by atoms with Crippen LogP contribution in [0.2, 0.25) is 6.04 Å². The molecule has 0 spiro atoms. The Hall–Kier alpha value is -2.26. The number of hydrogen-bond donors (Lipinski definition) is 9. The molecule has 0 unspecified atom stereocenters. The van der Waals surface area contributed by atoms with Gasteiger partial charge in [-0.1, -0.05) is 90.4 Å². The van der Waals surface area contributed by atoms with Gasteiger partial charge in [0.25, 0.3) is 0 Å². The van der Waals surface area contributed by atoms with Crippen molar-refractivity contribution in [3.63, 3.8) is 0 Å². The normalized spacial score (nSPS) is 23.7. The van der Waals surface area contributed by atoms with Crippen LogP contribution in [0.15, 0.2) is 0 Å². The average molecular weight is 771 g/mol. The zero-order valence-corrected chi connectivity index (χ0v) is 31.9. The van der Waals surface area contributed by atoms with E-state index in [1.165, 1.54) is 70.6 Å². The van der Waals surface area contributed by atoms with Gasteiger partial charge in [-0.2, -0.15) is 0 Å². The molecule has 9 N–H and O–H groups in total. The number of aliphatic hydroxyl groups is 5. The molecule has 17 nitrogen and oxygen atoms in total. The molecule has 0 aromatic carbocycles. The summed E-state index contributed by atoms with van der Waals surface area (Å²) in [6, 6.07) is -0.388. The van der Waals surface area contributed by atoms with Crippen molar-refractivity contribution in [3.8, 4) is 0 Å². The number of carboxylic acids is 4. The molecule has 0 bridgehead atoms. The van der Waals surface area contributed by atoms with E-state index in [0.29, 0.717) is 11.0 Å². The number of carboxylic acid groups (broad SMARTS) is 4. The molecule has 1 rings (SSSR count). The molecule has 0 aliphatic carbocycles. The highest BCUT2D eigenvalue weighted by Crippen LogP contribution is 2.34. The minimum absolute atomic E-state index is 0.110. The molecule has 9 atom stereocenters. The Morgan fingerprint density at radius 2 is 1.12 bits per heavy atom. The molecule has 0 aromatic heterocycles. The van der Waals surface area contributed by atoms with Crippen LogP contribution >= 0.6 is 0 Å². The van der Waals surface area contributed by atoms with Crippen LogP contribution in [0.25, 0.3) is 0 Å². The van der Waals surface area contributed by atoms with Gasteiger partial charge < -0.3 is 63.7 Å². The number of quaternary nitrogens is 1. The summed E-state index contributed by atoms with van der Waals surface area (Å²) in [6.45, 7) is 3.36. The maximum atomic E-state index is 12.2. The lowest BCUT2D eigenvalue weighted by Gasteiger charge is -2.45. The molecule has 304 valence electrons. The Bertz CT molecular complexity index is 1080. The van der Waals surface area contributed by atoms with Crippen molar-refractivity contribution >= 4 is 32.7 Å². The number of hydrogen-bond acceptors (Lipinski definition) is 12. The molecule has 1 heterocycles. The van der Waals surface area contributed by atoms with Crippen LogP contribution in [0.4, 0.5) is 0 Å². The fourth-order valence-corrected chi connectivity index (χ4v) is 9.33. The standard InChI is InChI=1S/C34H63NO16Si/c1-4-5-6-7-8-9-10-11-12-13-14-15-16-17-18-20-35(2,3)21-19-22-52(50-29(33(45)46)24(37)23(36)25(38)31(41)42)49-28(27(40)32(43)44)26(39)30(51-52)34(47)48/h23-30,36-40H,4-22H2,1-3H3,(H3-,41,42,43,44,45,46,47,48)/p+1/t23-,24+,25+,26-,27-,28+,29-,30+,52-/m0/s1. The first kappa shape index (κ1) is 47.8. The van der Waals surface area contributed by atoms with Gasteiger partial charge in [0, 0.05) is 12.5 Å². The number of aliphatic carboxylic acids is 4. The molecule has 0 amide bonds. The van der Waals surface area contributed by atoms with E-state index >= 15 is 0 Å². The van der Waals surface area contributed by atoms with E-state index in [1.54, 1.807) is 0 Å². The van der Waals surface area contributed by atoms with Crippen LogP contribution in [0.5, 0.6) is 0 Å². The molecular weight excluding hydrogens is 706 g/mol. The lowest BCUT2D eigenvalue weighted by Crippen LogP contribution is -2.68. The van der Waals surface area contributed by atoms with Crippen LogP contribution in [0.1, 0.15) is 110 Å². The van der Waals surface area contributed by atoms with Crippen molar-refractivity contribution in [2.75, 3.05) is 27.2 Å². The first-order valence-corrected chi connectivity index (χ1v) is 20.5. The first-order chi connectivity index (χ1) is 24.4. The fourth-order valence-electron chi connectivity index (χ4n) is 6.28. The van der Waals surface area contributed by atoms with Crippen molar-refractivity contribution in [3.05, 3.63) is 0 Å². The smallest absolute Gasteiger partial charge is 0.479 e. The molecular formula is C34H64NO16Si+. The van der Waals surface area contributed by atoms with Crippen LogP contribution < -0.4 is 0 Å². The number of nitrogens with zero attached hydrogens (tertiary/aromatic N) is 1. The summed E-state index contributed by atoms with van der Waals surface area (Å²) in [4.78, 5) is 47.0. The van der Waals surface area contributed by atoms with Crippen molar-refractivity contribution in [1.29, 1.82) is 0 Å². The van der Waals surface area contributed by atoms with Crippen molar-refractivity contribution in [2.45, 2.75) is 165 Å². The molecule has 1 aliphatic rings. The van der Waals surface area contributed by atoms with Gasteiger partial charge in [0.2, 0.25) is 0 Å². The predicted molar refractivity (Wildman–Crippen MR) is 187 cm³/mol. The Balaban J connectivity index is 2.87. The number of unbranched alkanes of at least 4 members (excludes halogenated alkanes) is 14. The van der Waals surface area contributed by atoms with Crippen molar-refractivity contribution in [2.24, 2.45) is 0 Å². The zero-order chi connectivity index (χ0) is 39.5. The third-order valence-corrected chi connectivity index (χ3v) is 12.3. The number of aliphatic hydroxyl groups excluding tert-OH is 5. The van der Waals surface area contributed by atoms with Crippen molar-refractivity contribution in [1.82, 2.24) is 0 Å². The Morgan fingerprint density at radius 3 is 1.54 bits per heavy atom. The van der Waals surface area contributed by atoms with Gasteiger partial charge in [-0.05, 0) is 12.8 Å². The lowest BCUT2D eigenvalue weighted by atomic mass is 10.0. The Labute approximate surface area is 307 Å². The van der Waals surface area contributed by atoms with E-state index in [0.717, 1.165) is 32.2 Å². The molecule has 1 aliphatic heterocycles. The van der Waals surface area contributed by atoms with E-state index in [9.17, 15) is 60.0 Å². The molecule has 0 radical (unpaired) electrons. The lowest BCUT2D eigenvalue weighted by molar-refractivity contribution is -0.890. The van der Waals surface area contributed by atoms with Gasteiger partial charge in [-0.25, -0.2) is 19.2 Å². The Morgan fingerprint density at radius 1 is 0.654 bits per heavy atom.